The summed E-state index contributed by atoms with van der Waals surface area (Å²) in [5.74, 6) is -0.532. The summed E-state index contributed by atoms with van der Waals surface area (Å²) >= 11 is 6.30. The molecule has 1 saturated heterocycles. The number of halogens is 4. The van der Waals surface area contributed by atoms with Crippen molar-refractivity contribution in [2.45, 2.75) is 38.7 Å². The highest BCUT2D eigenvalue weighted by atomic mass is 35.5. The van der Waals surface area contributed by atoms with Crippen LogP contribution in [0.25, 0.3) is 22.8 Å². The van der Waals surface area contributed by atoms with Gasteiger partial charge in [0.15, 0.2) is 5.65 Å². The number of carbonyl (C=O) groups excluding carboxylic acids is 1. The van der Waals surface area contributed by atoms with Crippen LogP contribution in [0.3, 0.4) is 0 Å². The predicted molar refractivity (Wildman–Crippen MR) is 121 cm³/mol. The number of fused-ring (bicyclic) bond motifs is 1. The average molecular weight is 495 g/mol. The first-order valence-electron chi connectivity index (χ1n) is 10.4. The fourth-order valence-corrected chi connectivity index (χ4v) is 3.95. The summed E-state index contributed by atoms with van der Waals surface area (Å²) in [6.07, 6.45) is -1.98. The van der Waals surface area contributed by atoms with E-state index in [-0.39, 0.29) is 10.9 Å². The maximum Gasteiger partial charge on any atom is 0.573 e. The van der Waals surface area contributed by atoms with E-state index in [1.807, 2.05) is 0 Å². The molecule has 0 N–H and O–H groups in total. The molecule has 1 amide bonds. The number of hydrogen-bond acceptors (Lipinski definition) is 5. The predicted octanol–water partition coefficient (Wildman–Crippen LogP) is 5.95. The summed E-state index contributed by atoms with van der Waals surface area (Å²) in [6.45, 7) is 10.1. The number of aromatic nitrogens is 3. The zero-order valence-electron chi connectivity index (χ0n) is 18.7. The first-order valence-corrected chi connectivity index (χ1v) is 10.8. The van der Waals surface area contributed by atoms with Gasteiger partial charge in [0.2, 0.25) is 0 Å². The SMILES string of the molecule is C=Cc1ccnc2c1c(C1CN(C(=O)OC(C)(C)C)C1)nn2-c1ccc(OC(F)(F)F)cc1Cl. The summed E-state index contributed by atoms with van der Waals surface area (Å²) in [4.78, 5) is 18.4. The van der Waals surface area contributed by atoms with Crippen molar-refractivity contribution in [3.63, 3.8) is 0 Å². The summed E-state index contributed by atoms with van der Waals surface area (Å²) in [5, 5.41) is 5.44. The van der Waals surface area contributed by atoms with Gasteiger partial charge in [-0.3, -0.25) is 0 Å². The number of carbonyl (C=O) groups is 1. The van der Waals surface area contributed by atoms with Gasteiger partial charge in [-0.25, -0.2) is 14.5 Å². The van der Waals surface area contributed by atoms with Crippen LogP contribution < -0.4 is 4.74 Å². The summed E-state index contributed by atoms with van der Waals surface area (Å²) < 4.78 is 48.5. The van der Waals surface area contributed by atoms with Gasteiger partial charge in [0, 0.05) is 31.3 Å². The standard InChI is InChI=1S/C23H22ClF3N4O3/c1-5-13-8-9-28-20-18(13)19(14-11-30(12-14)21(32)34-22(2,3)4)29-31(20)17-7-6-15(10-16(17)24)33-23(25,26)27/h5-10,14H,1,11-12H2,2-4H3. The van der Waals surface area contributed by atoms with E-state index in [1.165, 1.54) is 10.7 Å². The molecule has 11 heteroatoms. The molecule has 4 rings (SSSR count). The van der Waals surface area contributed by atoms with Crippen molar-refractivity contribution in [1.29, 1.82) is 0 Å². The molecule has 7 nitrogen and oxygen atoms in total. The number of hydrogen-bond donors (Lipinski definition) is 0. The van der Waals surface area contributed by atoms with Crippen molar-refractivity contribution in [3.8, 4) is 11.4 Å². The van der Waals surface area contributed by atoms with Gasteiger partial charge in [0.1, 0.15) is 11.4 Å². The molecule has 1 aromatic carbocycles. The first-order chi connectivity index (χ1) is 15.9. The maximum atomic E-state index is 12.6. The topological polar surface area (TPSA) is 69.5 Å². The number of rotatable bonds is 4. The van der Waals surface area contributed by atoms with Gasteiger partial charge in [-0.2, -0.15) is 5.10 Å². The number of amides is 1. The van der Waals surface area contributed by atoms with E-state index in [4.69, 9.17) is 21.4 Å². The van der Waals surface area contributed by atoms with Crippen LogP contribution in [0.2, 0.25) is 5.02 Å². The molecule has 1 aliphatic heterocycles. The Bertz CT molecular complexity index is 1260. The van der Waals surface area contributed by atoms with E-state index < -0.39 is 23.8 Å². The van der Waals surface area contributed by atoms with E-state index in [0.717, 1.165) is 23.1 Å². The number of alkyl halides is 3. The van der Waals surface area contributed by atoms with Gasteiger partial charge in [0.25, 0.3) is 0 Å². The van der Waals surface area contributed by atoms with Gasteiger partial charge >= 0.3 is 12.5 Å². The number of nitrogens with zero attached hydrogens (tertiary/aromatic N) is 4. The molecule has 0 saturated carbocycles. The Labute approximate surface area is 198 Å². The van der Waals surface area contributed by atoms with Crippen molar-refractivity contribution < 1.29 is 27.4 Å². The Kier molecular flexibility index (Phi) is 5.97. The van der Waals surface area contributed by atoms with E-state index in [1.54, 1.807) is 44.0 Å². The third kappa shape index (κ3) is 4.82. The van der Waals surface area contributed by atoms with Crippen molar-refractivity contribution in [2.75, 3.05) is 13.1 Å². The zero-order valence-corrected chi connectivity index (χ0v) is 19.4. The third-order valence-corrected chi connectivity index (χ3v) is 5.45. The lowest BCUT2D eigenvalue weighted by molar-refractivity contribution is -0.274. The maximum absolute atomic E-state index is 12.6. The molecule has 180 valence electrons. The lowest BCUT2D eigenvalue weighted by Crippen LogP contribution is -2.50. The van der Waals surface area contributed by atoms with E-state index in [9.17, 15) is 18.0 Å². The van der Waals surface area contributed by atoms with Crippen LogP contribution in [0.4, 0.5) is 18.0 Å². The summed E-state index contributed by atoms with van der Waals surface area (Å²) in [7, 11) is 0. The first kappa shape index (κ1) is 23.9. The molecule has 0 bridgehead atoms. The summed E-state index contributed by atoms with van der Waals surface area (Å²) in [5.41, 5.74) is 1.67. The zero-order chi connectivity index (χ0) is 24.8. The summed E-state index contributed by atoms with van der Waals surface area (Å²) in [6, 6.07) is 5.40. The van der Waals surface area contributed by atoms with Crippen LogP contribution in [-0.4, -0.2) is 50.8 Å². The van der Waals surface area contributed by atoms with Crippen molar-refractivity contribution in [3.05, 3.63) is 53.3 Å². The molecule has 0 aliphatic carbocycles. The second kappa shape index (κ2) is 8.50. The molecule has 3 aromatic rings. The fraction of sp³-hybridized carbons (Fsp3) is 0.348. The minimum atomic E-state index is -4.83. The van der Waals surface area contributed by atoms with E-state index in [2.05, 4.69) is 16.3 Å². The fourth-order valence-electron chi connectivity index (χ4n) is 3.70. The van der Waals surface area contributed by atoms with Crippen LogP contribution in [-0.2, 0) is 4.74 Å². The minimum absolute atomic E-state index is 0.00694. The lowest BCUT2D eigenvalue weighted by atomic mass is 9.93. The Hall–Kier alpha value is -3.27. The highest BCUT2D eigenvalue weighted by Gasteiger charge is 2.38. The number of ether oxygens (including phenoxy) is 2. The number of likely N-dealkylation sites (tertiary alicyclic amines) is 1. The molecule has 0 atom stereocenters. The Morgan fingerprint density at radius 2 is 1.94 bits per heavy atom. The molecule has 0 unspecified atom stereocenters. The van der Waals surface area contributed by atoms with E-state index >= 15 is 0 Å². The smallest absolute Gasteiger partial charge is 0.444 e. The molecule has 0 radical (unpaired) electrons. The second-order valence-corrected chi connectivity index (χ2v) is 9.25. The molecular formula is C23H22ClF3N4O3. The number of pyridine rings is 1. The monoisotopic (exact) mass is 494 g/mol. The third-order valence-electron chi connectivity index (χ3n) is 5.15. The molecule has 2 aromatic heterocycles. The van der Waals surface area contributed by atoms with Gasteiger partial charge in [-0.05, 0) is 44.5 Å². The largest absolute Gasteiger partial charge is 0.573 e. The Morgan fingerprint density at radius 1 is 1.24 bits per heavy atom. The van der Waals surface area contributed by atoms with Crippen LogP contribution in [0.15, 0.2) is 37.0 Å². The Morgan fingerprint density at radius 3 is 2.53 bits per heavy atom. The van der Waals surface area contributed by atoms with Crippen molar-refractivity contribution >= 4 is 34.8 Å². The second-order valence-electron chi connectivity index (χ2n) is 8.84. The number of benzene rings is 1. The minimum Gasteiger partial charge on any atom is -0.444 e. The van der Waals surface area contributed by atoms with Crippen molar-refractivity contribution in [1.82, 2.24) is 19.7 Å². The van der Waals surface area contributed by atoms with Gasteiger partial charge in [0.05, 0.1) is 21.8 Å². The lowest BCUT2D eigenvalue weighted by Gasteiger charge is -2.39. The van der Waals surface area contributed by atoms with Crippen LogP contribution in [0.5, 0.6) is 5.75 Å². The van der Waals surface area contributed by atoms with Gasteiger partial charge < -0.3 is 14.4 Å². The highest BCUT2D eigenvalue weighted by molar-refractivity contribution is 6.32. The quantitative estimate of drug-likeness (QED) is 0.448. The van der Waals surface area contributed by atoms with Crippen LogP contribution in [0.1, 0.15) is 37.9 Å². The average Bonchev–Trinajstić information content (AvgIpc) is 3.03. The molecule has 3 heterocycles. The van der Waals surface area contributed by atoms with Crippen molar-refractivity contribution in [2.24, 2.45) is 0 Å². The molecule has 1 aliphatic rings. The van der Waals surface area contributed by atoms with Gasteiger partial charge in [-0.1, -0.05) is 24.3 Å². The van der Waals surface area contributed by atoms with E-state index in [0.29, 0.717) is 30.1 Å². The molecular weight excluding hydrogens is 473 g/mol. The van der Waals surface area contributed by atoms with Gasteiger partial charge in [-0.15, -0.1) is 13.2 Å². The molecule has 0 spiro atoms. The normalized spacial score (nSPS) is 14.7. The Balaban J connectivity index is 1.70. The molecule has 34 heavy (non-hydrogen) atoms. The molecule has 1 fully saturated rings. The highest BCUT2D eigenvalue weighted by Crippen LogP contribution is 2.37. The van der Waals surface area contributed by atoms with Crippen LogP contribution >= 0.6 is 11.6 Å². The van der Waals surface area contributed by atoms with Crippen LogP contribution in [0, 0.1) is 0 Å².